The molecule has 5 radical (unpaired) electrons. The van der Waals surface area contributed by atoms with Gasteiger partial charge in [-0.2, -0.15) is 0 Å². The average Bonchev–Trinajstić information content (AvgIpc) is 2.23. The molecule has 0 atom stereocenters. The summed E-state index contributed by atoms with van der Waals surface area (Å²) in [7, 11) is 14.9. The fraction of sp³-hybridized carbons (Fsp3) is 0.500. The molecule has 0 nitrogen and oxygen atoms in total. The van der Waals surface area contributed by atoms with Gasteiger partial charge in [0, 0.05) is 0 Å². The van der Waals surface area contributed by atoms with E-state index in [0.29, 0.717) is 0 Å². The van der Waals surface area contributed by atoms with E-state index in [1.54, 1.807) is 0 Å². The van der Waals surface area contributed by atoms with Crippen molar-refractivity contribution in [3.63, 3.8) is 0 Å². The van der Waals surface area contributed by atoms with Gasteiger partial charge in [-0.15, -0.1) is 0 Å². The first-order valence-corrected chi connectivity index (χ1v) is 10.8. The maximum atomic E-state index is 4.97. The molecule has 0 bridgehead atoms. The van der Waals surface area contributed by atoms with E-state index >= 15 is 0 Å². The van der Waals surface area contributed by atoms with Gasteiger partial charge in [0.2, 0.25) is 0 Å². The second-order valence-corrected chi connectivity index (χ2v) is 11.1. The molecular weight excluding hydrogens is 274 g/mol. The van der Waals surface area contributed by atoms with Gasteiger partial charge in [0.1, 0.15) is 0 Å². The van der Waals surface area contributed by atoms with E-state index in [-0.39, 0.29) is 0 Å². The summed E-state index contributed by atoms with van der Waals surface area (Å²) in [6.07, 6.45) is 0. The Labute approximate surface area is 106 Å². The molecule has 0 aliphatic heterocycles. The summed E-state index contributed by atoms with van der Waals surface area (Å²) in [6, 6.07) is 0. The van der Waals surface area contributed by atoms with Crippen molar-refractivity contribution in [2.24, 2.45) is 0 Å². The van der Waals surface area contributed by atoms with E-state index in [2.05, 4.69) is 34.6 Å². The third-order valence-electron chi connectivity index (χ3n) is 2.81. The van der Waals surface area contributed by atoms with Gasteiger partial charge in [-0.1, -0.05) is 34.6 Å². The summed E-state index contributed by atoms with van der Waals surface area (Å²) < 4.78 is 0. The summed E-state index contributed by atoms with van der Waals surface area (Å²) in [5.74, 6) is 7.34. The molecule has 0 amide bonds. The first-order chi connectivity index (χ1) is 6.29. The quantitative estimate of drug-likeness (QED) is 0.548. The van der Waals surface area contributed by atoms with Crippen LogP contribution in [-0.4, -0.2) is 0 Å². The van der Waals surface area contributed by atoms with E-state index in [1.807, 2.05) is 0 Å². The average molecular weight is 289 g/mol. The molecule has 0 aromatic rings. The molecule has 1 aliphatic carbocycles. The zero-order valence-electron chi connectivity index (χ0n) is 9.13. The minimum atomic E-state index is -1.92. The standard InChI is InChI=1S/C10H15.3ClH.Ti/c1-6-7(2)9(4)10(5)8(6)3;;;;/h1-5H3;3*1H;/q;;;;+4/p-3. The van der Waals surface area contributed by atoms with Crippen LogP contribution in [0.15, 0.2) is 0 Å². The molecule has 79 valence electrons. The van der Waals surface area contributed by atoms with Crippen LogP contribution in [0.2, 0.25) is 0 Å². The van der Waals surface area contributed by atoms with Gasteiger partial charge in [-0.25, -0.2) is 0 Å². The van der Waals surface area contributed by atoms with Crippen molar-refractivity contribution in [2.75, 3.05) is 0 Å². The van der Waals surface area contributed by atoms with E-state index in [0.717, 1.165) is 0 Å². The SMILES string of the molecule is C[C]1[C](C)[C](C)[C](C)[C]1C.[Cl][Ti+]([Cl])[Cl]. The Hall–Kier alpha value is 1.58. The molecule has 14 heavy (non-hydrogen) atoms. The number of hydrogen-bond acceptors (Lipinski definition) is 0. The zero-order valence-corrected chi connectivity index (χ0v) is 13.0. The second kappa shape index (κ2) is 7.02. The van der Waals surface area contributed by atoms with Crippen molar-refractivity contribution in [1.29, 1.82) is 0 Å². The fourth-order valence-corrected chi connectivity index (χ4v) is 1.41. The molecule has 1 rings (SSSR count). The number of halogens is 3. The fourth-order valence-electron chi connectivity index (χ4n) is 1.41. The van der Waals surface area contributed by atoms with Gasteiger partial charge in [0.15, 0.2) is 0 Å². The summed E-state index contributed by atoms with van der Waals surface area (Å²) in [5.41, 5.74) is 0. The second-order valence-electron chi connectivity index (χ2n) is 3.34. The van der Waals surface area contributed by atoms with Crippen molar-refractivity contribution in [1.82, 2.24) is 0 Å². The Kier molecular flexibility index (Phi) is 7.81. The molecule has 1 aliphatic rings. The van der Waals surface area contributed by atoms with Gasteiger partial charge < -0.3 is 0 Å². The van der Waals surface area contributed by atoms with Crippen molar-refractivity contribution < 1.29 is 14.7 Å². The van der Waals surface area contributed by atoms with Crippen LogP contribution in [0.1, 0.15) is 34.6 Å². The van der Waals surface area contributed by atoms with Crippen LogP contribution in [0.5, 0.6) is 0 Å². The summed E-state index contributed by atoms with van der Waals surface area (Å²) >= 11 is -1.92. The van der Waals surface area contributed by atoms with Crippen LogP contribution in [0.3, 0.4) is 0 Å². The summed E-state index contributed by atoms with van der Waals surface area (Å²) in [4.78, 5) is 0. The first kappa shape index (κ1) is 15.6. The summed E-state index contributed by atoms with van der Waals surface area (Å²) in [5, 5.41) is 0. The number of rotatable bonds is 0. The van der Waals surface area contributed by atoms with Crippen LogP contribution < -0.4 is 0 Å². The minimum absolute atomic E-state index is 1.47. The van der Waals surface area contributed by atoms with Crippen molar-refractivity contribution in [3.05, 3.63) is 29.6 Å². The van der Waals surface area contributed by atoms with Crippen LogP contribution >= 0.6 is 27.9 Å². The predicted molar refractivity (Wildman–Crippen MR) is 62.1 cm³/mol. The van der Waals surface area contributed by atoms with Crippen LogP contribution in [-0.2, 0) is 14.7 Å². The molecule has 0 N–H and O–H groups in total. The zero-order chi connectivity index (χ0) is 11.5. The van der Waals surface area contributed by atoms with Crippen LogP contribution in [0.25, 0.3) is 0 Å². The predicted octanol–water partition coefficient (Wildman–Crippen LogP) is 5.04. The van der Waals surface area contributed by atoms with E-state index in [1.165, 1.54) is 29.6 Å². The van der Waals surface area contributed by atoms with E-state index in [4.69, 9.17) is 27.9 Å². The Morgan fingerprint density at radius 3 is 0.714 bits per heavy atom. The van der Waals surface area contributed by atoms with E-state index < -0.39 is 14.7 Å². The molecule has 0 heterocycles. The molecule has 0 saturated heterocycles. The van der Waals surface area contributed by atoms with Gasteiger partial charge in [-0.05, 0) is 29.6 Å². The number of hydrogen-bond donors (Lipinski definition) is 0. The molecule has 1 fully saturated rings. The van der Waals surface area contributed by atoms with Gasteiger partial charge in [0.25, 0.3) is 0 Å². The molecule has 0 aromatic heterocycles. The monoisotopic (exact) mass is 288 g/mol. The Bertz CT molecular complexity index is 116. The topological polar surface area (TPSA) is 0 Å². The third-order valence-corrected chi connectivity index (χ3v) is 2.81. The molecule has 0 spiro atoms. The Morgan fingerprint density at radius 1 is 0.571 bits per heavy atom. The van der Waals surface area contributed by atoms with Crippen LogP contribution in [0.4, 0.5) is 0 Å². The van der Waals surface area contributed by atoms with E-state index in [9.17, 15) is 0 Å². The molecular formula is C10H15Cl3Ti+. The van der Waals surface area contributed by atoms with Crippen molar-refractivity contribution in [3.8, 4) is 0 Å². The van der Waals surface area contributed by atoms with Crippen molar-refractivity contribution in [2.45, 2.75) is 34.6 Å². The van der Waals surface area contributed by atoms with Gasteiger partial charge in [0.05, 0.1) is 0 Å². The molecule has 0 aromatic carbocycles. The molecule has 0 unspecified atom stereocenters. The van der Waals surface area contributed by atoms with Gasteiger partial charge >= 0.3 is 42.6 Å². The third kappa shape index (κ3) is 4.62. The van der Waals surface area contributed by atoms with Gasteiger partial charge in [-0.3, -0.25) is 0 Å². The Morgan fingerprint density at radius 2 is 0.643 bits per heavy atom. The molecule has 4 heteroatoms. The maximum absolute atomic E-state index is 4.97. The molecule has 1 saturated carbocycles. The normalized spacial score (nSPS) is 22.3. The van der Waals surface area contributed by atoms with Crippen LogP contribution in [0, 0.1) is 29.6 Å². The summed E-state index contributed by atoms with van der Waals surface area (Å²) in [6.45, 7) is 11.0. The van der Waals surface area contributed by atoms with Crippen molar-refractivity contribution >= 4 is 27.9 Å². The Balaban J connectivity index is 0.000000364. The first-order valence-electron chi connectivity index (χ1n) is 4.32.